The van der Waals surface area contributed by atoms with E-state index in [1.807, 2.05) is 20.8 Å². The molecule has 0 bridgehead atoms. The highest BCUT2D eigenvalue weighted by atomic mass is 19.1. The predicted molar refractivity (Wildman–Crippen MR) is 114 cm³/mol. The van der Waals surface area contributed by atoms with Crippen LogP contribution in [0.1, 0.15) is 32.9 Å². The highest BCUT2D eigenvalue weighted by Crippen LogP contribution is 2.21. The fourth-order valence-corrected chi connectivity index (χ4v) is 3.20. The Bertz CT molecular complexity index is 1330. The molecule has 160 valence electrons. The van der Waals surface area contributed by atoms with Gasteiger partial charge in [0.2, 0.25) is 11.9 Å². The monoisotopic (exact) mass is 423 g/mol. The van der Waals surface area contributed by atoms with Crippen LogP contribution in [-0.4, -0.2) is 35.4 Å². The summed E-state index contributed by atoms with van der Waals surface area (Å²) in [6.07, 6.45) is 1.71. The molecule has 0 aliphatic heterocycles. The number of aromatic amines is 1. The molecule has 3 heterocycles. The molecule has 0 aliphatic rings. The van der Waals surface area contributed by atoms with Crippen molar-refractivity contribution in [1.82, 2.24) is 29.5 Å². The number of halogens is 1. The third-order valence-electron chi connectivity index (χ3n) is 4.49. The standard InChI is InChI=1S/C21H22FN7O2/c1-12-9-16(24-17(30)10-21(2,3)4)29(27-12)20-25-18-15(19(31)26-20)11-23-28(18)14-7-5-13(22)6-8-14/h5-9,11H,10H2,1-4H3,(H,24,30)(H,25,26,31). The molecule has 0 unspecified atom stereocenters. The summed E-state index contributed by atoms with van der Waals surface area (Å²) in [5.74, 6) is -0.0367. The van der Waals surface area contributed by atoms with Crippen LogP contribution in [-0.2, 0) is 4.79 Å². The van der Waals surface area contributed by atoms with Crippen LogP contribution in [0, 0.1) is 18.2 Å². The van der Waals surface area contributed by atoms with Crippen LogP contribution in [0.4, 0.5) is 10.2 Å². The SMILES string of the molecule is Cc1cc(NC(=O)CC(C)(C)C)n(-c2nc3c(cnn3-c3ccc(F)cc3)c(=O)[nH]2)n1. The third-order valence-corrected chi connectivity index (χ3v) is 4.49. The van der Waals surface area contributed by atoms with Crippen molar-refractivity contribution in [2.24, 2.45) is 5.41 Å². The number of fused-ring (bicyclic) bond motifs is 1. The second kappa shape index (κ2) is 7.46. The van der Waals surface area contributed by atoms with Gasteiger partial charge in [0.05, 0.1) is 17.6 Å². The lowest BCUT2D eigenvalue weighted by atomic mass is 9.92. The summed E-state index contributed by atoms with van der Waals surface area (Å²) in [5.41, 5.74) is 0.882. The summed E-state index contributed by atoms with van der Waals surface area (Å²) in [7, 11) is 0. The lowest BCUT2D eigenvalue weighted by Crippen LogP contribution is -2.22. The lowest BCUT2D eigenvalue weighted by Gasteiger charge is -2.17. The molecule has 3 aromatic heterocycles. The van der Waals surface area contributed by atoms with Crippen molar-refractivity contribution in [3.8, 4) is 11.6 Å². The van der Waals surface area contributed by atoms with E-state index in [-0.39, 0.29) is 34.1 Å². The van der Waals surface area contributed by atoms with Crippen LogP contribution >= 0.6 is 0 Å². The zero-order chi connectivity index (χ0) is 22.3. The number of nitrogens with zero attached hydrogens (tertiary/aromatic N) is 5. The number of anilines is 1. The first kappa shape index (κ1) is 20.5. The maximum absolute atomic E-state index is 13.3. The number of amides is 1. The average Bonchev–Trinajstić information content (AvgIpc) is 3.24. The number of carbonyl (C=O) groups is 1. The van der Waals surface area contributed by atoms with Crippen LogP contribution in [0.3, 0.4) is 0 Å². The number of H-pyrrole nitrogens is 1. The molecule has 0 aliphatic carbocycles. The van der Waals surface area contributed by atoms with Crippen LogP contribution < -0.4 is 10.9 Å². The van der Waals surface area contributed by atoms with Gasteiger partial charge in [-0.1, -0.05) is 20.8 Å². The molecule has 0 saturated carbocycles. The molecule has 0 radical (unpaired) electrons. The van der Waals surface area contributed by atoms with Crippen molar-refractivity contribution in [3.63, 3.8) is 0 Å². The predicted octanol–water partition coefficient (Wildman–Crippen LogP) is 3.12. The summed E-state index contributed by atoms with van der Waals surface area (Å²) in [6, 6.07) is 7.39. The molecule has 31 heavy (non-hydrogen) atoms. The van der Waals surface area contributed by atoms with Crippen LogP contribution in [0.2, 0.25) is 0 Å². The lowest BCUT2D eigenvalue weighted by molar-refractivity contribution is -0.117. The van der Waals surface area contributed by atoms with Gasteiger partial charge in [0.1, 0.15) is 17.0 Å². The van der Waals surface area contributed by atoms with Crippen LogP contribution in [0.5, 0.6) is 0 Å². The molecule has 0 saturated heterocycles. The van der Waals surface area contributed by atoms with E-state index in [0.717, 1.165) is 0 Å². The molecule has 0 fully saturated rings. The Kier molecular flexibility index (Phi) is 4.92. The Morgan fingerprint density at radius 1 is 1.19 bits per heavy atom. The number of nitrogens with one attached hydrogen (secondary N) is 2. The maximum atomic E-state index is 13.3. The smallest absolute Gasteiger partial charge is 0.263 e. The van der Waals surface area contributed by atoms with Crippen molar-refractivity contribution in [1.29, 1.82) is 0 Å². The number of hydrogen-bond acceptors (Lipinski definition) is 5. The van der Waals surface area contributed by atoms with Crippen molar-refractivity contribution in [2.75, 3.05) is 5.32 Å². The minimum absolute atomic E-state index is 0.125. The number of aromatic nitrogens is 6. The molecule has 0 atom stereocenters. The highest BCUT2D eigenvalue weighted by molar-refractivity contribution is 5.90. The zero-order valence-electron chi connectivity index (χ0n) is 17.6. The van der Waals surface area contributed by atoms with Crippen molar-refractivity contribution >= 4 is 22.8 Å². The second-order valence-electron chi connectivity index (χ2n) is 8.53. The molecule has 9 nitrogen and oxygen atoms in total. The topological polar surface area (TPSA) is 110 Å². The van der Waals surface area contributed by atoms with E-state index in [9.17, 15) is 14.0 Å². The molecule has 1 amide bonds. The number of carbonyl (C=O) groups excluding carboxylic acids is 1. The minimum Gasteiger partial charge on any atom is -0.310 e. The first-order valence-electron chi connectivity index (χ1n) is 9.72. The molecule has 1 aromatic carbocycles. The normalized spacial score (nSPS) is 11.8. The van der Waals surface area contributed by atoms with Crippen molar-refractivity contribution < 1.29 is 9.18 Å². The number of benzene rings is 1. The molecular formula is C21H22FN7O2. The van der Waals surface area contributed by atoms with E-state index in [1.54, 1.807) is 25.1 Å². The molecular weight excluding hydrogens is 401 g/mol. The quantitative estimate of drug-likeness (QED) is 0.524. The number of hydrogen-bond donors (Lipinski definition) is 2. The third kappa shape index (κ3) is 4.23. The van der Waals surface area contributed by atoms with E-state index < -0.39 is 5.56 Å². The summed E-state index contributed by atoms with van der Waals surface area (Å²) in [5, 5.41) is 11.7. The summed E-state index contributed by atoms with van der Waals surface area (Å²) in [6.45, 7) is 7.69. The van der Waals surface area contributed by atoms with Gasteiger partial charge in [-0.3, -0.25) is 14.6 Å². The Morgan fingerprint density at radius 3 is 2.58 bits per heavy atom. The van der Waals surface area contributed by atoms with Crippen molar-refractivity contribution in [2.45, 2.75) is 34.1 Å². The van der Waals surface area contributed by atoms with E-state index in [2.05, 4.69) is 25.5 Å². The fourth-order valence-electron chi connectivity index (χ4n) is 3.20. The Hall–Kier alpha value is -3.82. The largest absolute Gasteiger partial charge is 0.310 e. The Balaban J connectivity index is 1.79. The summed E-state index contributed by atoms with van der Waals surface area (Å²) < 4.78 is 16.1. The maximum Gasteiger partial charge on any atom is 0.263 e. The molecule has 4 rings (SSSR count). The van der Waals surface area contributed by atoms with Gasteiger partial charge in [-0.2, -0.15) is 19.9 Å². The van der Waals surface area contributed by atoms with E-state index in [1.165, 1.54) is 27.7 Å². The van der Waals surface area contributed by atoms with Crippen molar-refractivity contribution in [3.05, 3.63) is 58.4 Å². The van der Waals surface area contributed by atoms with Gasteiger partial charge in [-0.05, 0) is 36.6 Å². The van der Waals surface area contributed by atoms with Gasteiger partial charge in [0.15, 0.2) is 5.65 Å². The molecule has 2 N–H and O–H groups in total. The number of rotatable bonds is 4. The second-order valence-corrected chi connectivity index (χ2v) is 8.53. The van der Waals surface area contributed by atoms with Gasteiger partial charge in [0.25, 0.3) is 5.56 Å². The summed E-state index contributed by atoms with van der Waals surface area (Å²) in [4.78, 5) is 32.3. The van der Waals surface area contributed by atoms with Crippen LogP contribution in [0.25, 0.3) is 22.7 Å². The fraction of sp³-hybridized carbons (Fsp3) is 0.286. The molecule has 0 spiro atoms. The molecule has 4 aromatic rings. The molecule has 10 heteroatoms. The van der Waals surface area contributed by atoms with E-state index in [0.29, 0.717) is 23.6 Å². The zero-order valence-corrected chi connectivity index (χ0v) is 17.6. The summed E-state index contributed by atoms with van der Waals surface area (Å²) >= 11 is 0. The van der Waals surface area contributed by atoms with E-state index >= 15 is 0 Å². The van der Waals surface area contributed by atoms with Gasteiger partial charge < -0.3 is 5.32 Å². The van der Waals surface area contributed by atoms with Gasteiger partial charge >= 0.3 is 0 Å². The highest BCUT2D eigenvalue weighted by Gasteiger charge is 2.20. The van der Waals surface area contributed by atoms with Crippen LogP contribution in [0.15, 0.2) is 41.3 Å². The van der Waals surface area contributed by atoms with Gasteiger partial charge in [0, 0.05) is 12.5 Å². The first-order chi connectivity index (χ1) is 14.6. The number of aryl methyl sites for hydroxylation is 1. The van der Waals surface area contributed by atoms with E-state index in [4.69, 9.17) is 0 Å². The minimum atomic E-state index is -0.409. The average molecular weight is 423 g/mol. The van der Waals surface area contributed by atoms with Gasteiger partial charge in [-0.15, -0.1) is 0 Å². The Labute approximate surface area is 176 Å². The first-order valence-corrected chi connectivity index (χ1v) is 9.72. The Morgan fingerprint density at radius 2 is 1.90 bits per heavy atom. The van der Waals surface area contributed by atoms with Gasteiger partial charge in [-0.25, -0.2) is 9.07 Å².